The number of aryl methyl sites for hydroxylation is 2. The predicted molar refractivity (Wildman–Crippen MR) is 114 cm³/mol. The van der Waals surface area contributed by atoms with Gasteiger partial charge in [0.25, 0.3) is 5.56 Å². The van der Waals surface area contributed by atoms with E-state index >= 15 is 0 Å². The van der Waals surface area contributed by atoms with Gasteiger partial charge in [0.05, 0.1) is 25.5 Å². The van der Waals surface area contributed by atoms with Crippen molar-refractivity contribution in [2.45, 2.75) is 18.9 Å². The van der Waals surface area contributed by atoms with Crippen molar-refractivity contribution in [2.75, 3.05) is 20.0 Å². The summed E-state index contributed by atoms with van der Waals surface area (Å²) in [5.74, 6) is 0.913. The molecule has 0 radical (unpaired) electrons. The maximum absolute atomic E-state index is 12.9. The Hall–Kier alpha value is -3.06. The van der Waals surface area contributed by atoms with Crippen LogP contribution in [0.2, 0.25) is 0 Å². The molecule has 6 nitrogen and oxygen atoms in total. The van der Waals surface area contributed by atoms with E-state index in [1.807, 2.05) is 32.0 Å². The molecule has 0 amide bonds. The second-order valence-corrected chi connectivity index (χ2v) is 7.50. The van der Waals surface area contributed by atoms with Crippen molar-refractivity contribution in [1.29, 1.82) is 0 Å². The highest BCUT2D eigenvalue weighted by Gasteiger charge is 2.16. The first-order valence-corrected chi connectivity index (χ1v) is 9.96. The van der Waals surface area contributed by atoms with Crippen LogP contribution in [0.5, 0.6) is 11.5 Å². The van der Waals surface area contributed by atoms with Crippen LogP contribution in [-0.4, -0.2) is 35.3 Å². The minimum absolute atomic E-state index is 0.0582. The molecule has 0 spiro atoms. The van der Waals surface area contributed by atoms with Crippen LogP contribution in [0.4, 0.5) is 0 Å². The summed E-state index contributed by atoms with van der Waals surface area (Å²) < 4.78 is 12.0. The Bertz CT molecular complexity index is 1090. The number of carbonyl (C=O) groups excluding carboxylic acids is 1. The number of hydrogen-bond acceptors (Lipinski definition) is 6. The minimum atomic E-state index is -0.257. The lowest BCUT2D eigenvalue weighted by Gasteiger charge is -2.10. The highest BCUT2D eigenvalue weighted by molar-refractivity contribution is 7.99. The number of methoxy groups -OCH3 is 2. The van der Waals surface area contributed by atoms with Gasteiger partial charge in [0, 0.05) is 18.1 Å². The van der Waals surface area contributed by atoms with E-state index in [0.29, 0.717) is 17.1 Å². The van der Waals surface area contributed by atoms with Gasteiger partial charge in [-0.15, -0.1) is 0 Å². The Morgan fingerprint density at radius 1 is 1.07 bits per heavy atom. The number of ether oxygens (including phenoxy) is 2. The van der Waals surface area contributed by atoms with Crippen molar-refractivity contribution >= 4 is 17.5 Å². The first-order chi connectivity index (χ1) is 13.9. The number of aromatic nitrogens is 2. The standard InChI is InChI=1S/C22H22N2O4S/c1-14-9-15(2)11-16(10-14)24-8-7-23-21(22(24)26)29-13-19(25)18-12-17(27-3)5-6-20(18)28-4/h5-12H,13H2,1-4H3. The van der Waals surface area contributed by atoms with Gasteiger partial charge in [0.2, 0.25) is 0 Å². The Morgan fingerprint density at radius 3 is 2.45 bits per heavy atom. The fourth-order valence-electron chi connectivity index (χ4n) is 3.03. The Kier molecular flexibility index (Phi) is 6.39. The van der Waals surface area contributed by atoms with Gasteiger partial charge in [0.1, 0.15) is 11.5 Å². The fraction of sp³-hybridized carbons (Fsp3) is 0.227. The van der Waals surface area contributed by atoms with E-state index in [0.717, 1.165) is 28.6 Å². The molecular weight excluding hydrogens is 388 g/mol. The van der Waals surface area contributed by atoms with Crippen molar-refractivity contribution in [3.8, 4) is 17.2 Å². The molecule has 1 heterocycles. The highest BCUT2D eigenvalue weighted by atomic mass is 32.2. The number of carbonyl (C=O) groups is 1. The number of Topliss-reactive ketones (excluding diaryl/α,β-unsaturated/α-hetero) is 1. The Balaban J connectivity index is 1.85. The highest BCUT2D eigenvalue weighted by Crippen LogP contribution is 2.26. The molecule has 0 N–H and O–H groups in total. The summed E-state index contributed by atoms with van der Waals surface area (Å²) in [4.78, 5) is 29.8. The molecule has 0 saturated heterocycles. The monoisotopic (exact) mass is 410 g/mol. The SMILES string of the molecule is COc1ccc(OC)c(C(=O)CSc2nccn(-c3cc(C)cc(C)c3)c2=O)c1. The molecule has 29 heavy (non-hydrogen) atoms. The van der Waals surface area contributed by atoms with Crippen molar-refractivity contribution < 1.29 is 14.3 Å². The molecule has 0 fully saturated rings. The predicted octanol–water partition coefficient (Wildman–Crippen LogP) is 3.84. The molecule has 0 aliphatic carbocycles. The molecule has 0 aliphatic heterocycles. The van der Waals surface area contributed by atoms with Gasteiger partial charge in [-0.05, 0) is 55.3 Å². The van der Waals surface area contributed by atoms with E-state index in [2.05, 4.69) is 4.98 Å². The van der Waals surface area contributed by atoms with Crippen LogP contribution in [0.25, 0.3) is 5.69 Å². The second kappa shape index (κ2) is 8.96. The number of rotatable bonds is 7. The average Bonchev–Trinajstić information content (AvgIpc) is 2.71. The smallest absolute Gasteiger partial charge is 0.287 e. The summed E-state index contributed by atoms with van der Waals surface area (Å²) in [6, 6.07) is 11.0. The Morgan fingerprint density at radius 2 is 1.79 bits per heavy atom. The lowest BCUT2D eigenvalue weighted by Crippen LogP contribution is -2.21. The van der Waals surface area contributed by atoms with Crippen molar-refractivity contribution in [3.63, 3.8) is 0 Å². The zero-order valence-electron chi connectivity index (χ0n) is 16.8. The molecule has 0 unspecified atom stereocenters. The van der Waals surface area contributed by atoms with Crippen LogP contribution < -0.4 is 15.0 Å². The summed E-state index contributed by atoms with van der Waals surface area (Å²) in [5.41, 5.74) is 3.06. The third-order valence-electron chi connectivity index (χ3n) is 4.34. The quantitative estimate of drug-likeness (QED) is 0.435. The number of benzene rings is 2. The molecule has 3 rings (SSSR count). The molecule has 0 saturated carbocycles. The minimum Gasteiger partial charge on any atom is -0.497 e. The van der Waals surface area contributed by atoms with Crippen molar-refractivity contribution in [3.05, 3.63) is 75.8 Å². The lowest BCUT2D eigenvalue weighted by molar-refractivity contribution is 0.101. The van der Waals surface area contributed by atoms with E-state index in [1.165, 1.54) is 14.2 Å². The summed E-state index contributed by atoms with van der Waals surface area (Å²) in [6.07, 6.45) is 3.20. The van der Waals surface area contributed by atoms with Gasteiger partial charge in [-0.1, -0.05) is 17.8 Å². The van der Waals surface area contributed by atoms with Crippen LogP contribution in [0, 0.1) is 13.8 Å². The van der Waals surface area contributed by atoms with Crippen LogP contribution >= 0.6 is 11.8 Å². The van der Waals surface area contributed by atoms with Gasteiger partial charge < -0.3 is 9.47 Å². The number of hydrogen-bond donors (Lipinski definition) is 0. The normalized spacial score (nSPS) is 10.6. The van der Waals surface area contributed by atoms with E-state index in [1.54, 1.807) is 35.2 Å². The third kappa shape index (κ3) is 4.68. The third-order valence-corrected chi connectivity index (χ3v) is 5.30. The van der Waals surface area contributed by atoms with E-state index < -0.39 is 0 Å². The molecule has 150 valence electrons. The zero-order chi connectivity index (χ0) is 21.0. The first-order valence-electron chi connectivity index (χ1n) is 8.97. The molecule has 0 aliphatic rings. The maximum Gasteiger partial charge on any atom is 0.287 e. The first kappa shape index (κ1) is 20.7. The van der Waals surface area contributed by atoms with Gasteiger partial charge in [-0.2, -0.15) is 0 Å². The Labute approximate surface area is 173 Å². The van der Waals surface area contributed by atoms with E-state index in [9.17, 15) is 9.59 Å². The van der Waals surface area contributed by atoms with E-state index in [-0.39, 0.29) is 22.1 Å². The lowest BCUT2D eigenvalue weighted by atomic mass is 10.1. The molecule has 0 bridgehead atoms. The van der Waals surface area contributed by atoms with Gasteiger partial charge >= 0.3 is 0 Å². The van der Waals surface area contributed by atoms with Crippen LogP contribution in [0.15, 0.2) is 58.6 Å². The van der Waals surface area contributed by atoms with Crippen LogP contribution in [-0.2, 0) is 0 Å². The summed E-state index contributed by atoms with van der Waals surface area (Å²) in [7, 11) is 3.04. The molecule has 1 aromatic heterocycles. The second-order valence-electron chi connectivity index (χ2n) is 6.53. The average molecular weight is 410 g/mol. The molecule has 7 heteroatoms. The van der Waals surface area contributed by atoms with Gasteiger partial charge in [0.15, 0.2) is 10.8 Å². The van der Waals surface area contributed by atoms with Crippen molar-refractivity contribution in [1.82, 2.24) is 9.55 Å². The number of ketones is 1. The molecular formula is C22H22N2O4S. The number of thioether (sulfide) groups is 1. The van der Waals surface area contributed by atoms with Gasteiger partial charge in [-0.3, -0.25) is 14.2 Å². The summed E-state index contributed by atoms with van der Waals surface area (Å²) >= 11 is 1.11. The molecule has 3 aromatic rings. The largest absolute Gasteiger partial charge is 0.497 e. The summed E-state index contributed by atoms with van der Waals surface area (Å²) in [5, 5.41) is 0.266. The topological polar surface area (TPSA) is 70.4 Å². The van der Waals surface area contributed by atoms with E-state index in [4.69, 9.17) is 9.47 Å². The molecule has 2 aromatic carbocycles. The maximum atomic E-state index is 12.9. The van der Waals surface area contributed by atoms with Crippen LogP contribution in [0.3, 0.4) is 0 Å². The van der Waals surface area contributed by atoms with Gasteiger partial charge in [-0.25, -0.2) is 4.98 Å². The van der Waals surface area contributed by atoms with Crippen molar-refractivity contribution in [2.24, 2.45) is 0 Å². The summed E-state index contributed by atoms with van der Waals surface area (Å²) in [6.45, 7) is 3.97. The molecule has 0 atom stereocenters. The van der Waals surface area contributed by atoms with Crippen LogP contribution in [0.1, 0.15) is 21.5 Å². The zero-order valence-corrected chi connectivity index (χ0v) is 17.6. The number of nitrogens with zero attached hydrogens (tertiary/aromatic N) is 2. The fourth-order valence-corrected chi connectivity index (χ4v) is 3.81.